The first-order valence-electron chi connectivity index (χ1n) is 6.48. The fraction of sp³-hybridized carbons (Fsp3) is 1.00. The molecule has 0 bridgehead atoms. The van der Waals surface area contributed by atoms with E-state index in [1.165, 1.54) is 6.42 Å². The predicted molar refractivity (Wildman–Crippen MR) is 66.0 cm³/mol. The van der Waals surface area contributed by atoms with Crippen LogP contribution in [-0.2, 0) is 0 Å². The molecule has 0 aliphatic heterocycles. The van der Waals surface area contributed by atoms with Gasteiger partial charge in [-0.3, -0.25) is 4.90 Å². The van der Waals surface area contributed by atoms with Crippen molar-refractivity contribution in [3.8, 4) is 0 Å². The Morgan fingerprint density at radius 3 is 2.44 bits per heavy atom. The standard InChI is InChI=1S/C13H27NO2/c1-9-7-12(11(9)3)5-6-13(16)14(4)10(2)8-15/h9-13,15-16H,5-8H2,1-4H3. The fourth-order valence-corrected chi connectivity index (χ4v) is 2.55. The van der Waals surface area contributed by atoms with Crippen molar-refractivity contribution in [3.63, 3.8) is 0 Å². The highest BCUT2D eigenvalue weighted by molar-refractivity contribution is 4.84. The largest absolute Gasteiger partial charge is 0.395 e. The molecular weight excluding hydrogens is 202 g/mol. The third-order valence-corrected chi connectivity index (χ3v) is 4.54. The zero-order valence-corrected chi connectivity index (χ0v) is 11.1. The molecule has 1 saturated carbocycles. The van der Waals surface area contributed by atoms with E-state index in [9.17, 15) is 5.11 Å². The molecule has 5 atom stereocenters. The summed E-state index contributed by atoms with van der Waals surface area (Å²) in [6, 6.07) is 0.0349. The monoisotopic (exact) mass is 229 g/mol. The van der Waals surface area contributed by atoms with Crippen molar-refractivity contribution in [3.05, 3.63) is 0 Å². The third-order valence-electron chi connectivity index (χ3n) is 4.54. The molecule has 1 aliphatic carbocycles. The van der Waals surface area contributed by atoms with Gasteiger partial charge in [0.15, 0.2) is 0 Å². The molecule has 1 aliphatic rings. The molecule has 96 valence electrons. The SMILES string of the molecule is CC1CC(CCC(O)N(C)C(C)CO)C1C. The Hall–Kier alpha value is -0.120. The number of hydrogen-bond donors (Lipinski definition) is 2. The van der Waals surface area contributed by atoms with E-state index in [1.54, 1.807) is 0 Å². The molecule has 0 radical (unpaired) electrons. The first-order valence-corrected chi connectivity index (χ1v) is 6.48. The molecule has 0 aromatic carbocycles. The second-order valence-electron chi connectivity index (χ2n) is 5.59. The fourth-order valence-electron chi connectivity index (χ4n) is 2.55. The van der Waals surface area contributed by atoms with Gasteiger partial charge in [0.25, 0.3) is 0 Å². The summed E-state index contributed by atoms with van der Waals surface area (Å²) in [5, 5.41) is 19.0. The second kappa shape index (κ2) is 5.99. The van der Waals surface area contributed by atoms with E-state index >= 15 is 0 Å². The molecule has 3 nitrogen and oxygen atoms in total. The summed E-state index contributed by atoms with van der Waals surface area (Å²) in [5.74, 6) is 2.46. The van der Waals surface area contributed by atoms with Gasteiger partial charge in [-0.1, -0.05) is 13.8 Å². The van der Waals surface area contributed by atoms with Crippen molar-refractivity contribution in [2.75, 3.05) is 13.7 Å². The Labute approximate surface area is 99.5 Å². The van der Waals surface area contributed by atoms with Gasteiger partial charge in [-0.05, 0) is 51.0 Å². The first-order chi connectivity index (χ1) is 7.47. The Bertz CT molecular complexity index is 210. The van der Waals surface area contributed by atoms with Gasteiger partial charge in [0.1, 0.15) is 6.23 Å². The summed E-state index contributed by atoms with van der Waals surface area (Å²) in [6.45, 7) is 6.64. The van der Waals surface area contributed by atoms with E-state index in [0.717, 1.165) is 30.6 Å². The Kier molecular flexibility index (Phi) is 5.22. The number of likely N-dealkylation sites (N-methyl/N-ethyl adjacent to an activating group) is 1. The zero-order chi connectivity index (χ0) is 12.3. The van der Waals surface area contributed by atoms with Crippen LogP contribution >= 0.6 is 0 Å². The molecule has 0 saturated heterocycles. The zero-order valence-electron chi connectivity index (χ0n) is 11.1. The van der Waals surface area contributed by atoms with Gasteiger partial charge >= 0.3 is 0 Å². The molecule has 3 heteroatoms. The van der Waals surface area contributed by atoms with Gasteiger partial charge in [-0.2, -0.15) is 0 Å². The van der Waals surface area contributed by atoms with E-state index in [4.69, 9.17) is 5.11 Å². The summed E-state index contributed by atoms with van der Waals surface area (Å²) in [6.07, 6.45) is 2.83. The van der Waals surface area contributed by atoms with E-state index in [-0.39, 0.29) is 12.6 Å². The number of aliphatic hydroxyl groups is 2. The molecule has 0 spiro atoms. The van der Waals surface area contributed by atoms with Gasteiger partial charge in [0, 0.05) is 6.04 Å². The average Bonchev–Trinajstić information content (AvgIpc) is 2.31. The molecule has 0 amide bonds. The van der Waals surface area contributed by atoms with Crippen LogP contribution in [0.1, 0.15) is 40.0 Å². The van der Waals surface area contributed by atoms with Crippen LogP contribution in [0.3, 0.4) is 0 Å². The molecule has 1 fully saturated rings. The lowest BCUT2D eigenvalue weighted by Gasteiger charge is -2.42. The van der Waals surface area contributed by atoms with E-state index in [1.807, 2.05) is 18.9 Å². The van der Waals surface area contributed by atoms with Crippen molar-refractivity contribution >= 4 is 0 Å². The minimum absolute atomic E-state index is 0.0349. The predicted octanol–water partition coefficient (Wildman–Crippen LogP) is 1.69. The molecule has 0 aromatic rings. The normalized spacial score (nSPS) is 33.6. The van der Waals surface area contributed by atoms with Crippen molar-refractivity contribution in [2.45, 2.75) is 52.3 Å². The Balaban J connectivity index is 2.22. The van der Waals surface area contributed by atoms with Gasteiger partial charge in [0.2, 0.25) is 0 Å². The number of aliphatic hydroxyl groups excluding tert-OH is 2. The maximum Gasteiger partial charge on any atom is 0.107 e. The van der Waals surface area contributed by atoms with Crippen LogP contribution in [0, 0.1) is 17.8 Å². The van der Waals surface area contributed by atoms with Crippen LogP contribution in [0.4, 0.5) is 0 Å². The maximum absolute atomic E-state index is 9.95. The van der Waals surface area contributed by atoms with Crippen LogP contribution in [0.15, 0.2) is 0 Å². The smallest absolute Gasteiger partial charge is 0.107 e. The summed E-state index contributed by atoms with van der Waals surface area (Å²) >= 11 is 0. The topological polar surface area (TPSA) is 43.7 Å². The Morgan fingerprint density at radius 2 is 2.00 bits per heavy atom. The van der Waals surface area contributed by atoms with Crippen LogP contribution in [-0.4, -0.2) is 41.0 Å². The lowest BCUT2D eigenvalue weighted by Crippen LogP contribution is -2.41. The van der Waals surface area contributed by atoms with Gasteiger partial charge in [-0.25, -0.2) is 0 Å². The van der Waals surface area contributed by atoms with Crippen LogP contribution < -0.4 is 0 Å². The van der Waals surface area contributed by atoms with Crippen molar-refractivity contribution in [2.24, 2.45) is 17.8 Å². The summed E-state index contributed by atoms with van der Waals surface area (Å²) in [5.41, 5.74) is 0. The van der Waals surface area contributed by atoms with Crippen LogP contribution in [0.5, 0.6) is 0 Å². The molecule has 0 heterocycles. The van der Waals surface area contributed by atoms with Gasteiger partial charge in [-0.15, -0.1) is 0 Å². The minimum Gasteiger partial charge on any atom is -0.395 e. The summed E-state index contributed by atoms with van der Waals surface area (Å²) < 4.78 is 0. The lowest BCUT2D eigenvalue weighted by atomic mass is 9.65. The van der Waals surface area contributed by atoms with Crippen LogP contribution in [0.2, 0.25) is 0 Å². The van der Waals surface area contributed by atoms with Gasteiger partial charge < -0.3 is 10.2 Å². The van der Waals surface area contributed by atoms with Crippen molar-refractivity contribution < 1.29 is 10.2 Å². The third kappa shape index (κ3) is 3.19. The Morgan fingerprint density at radius 1 is 1.38 bits per heavy atom. The summed E-state index contributed by atoms with van der Waals surface area (Å²) in [4.78, 5) is 1.85. The minimum atomic E-state index is -0.412. The average molecular weight is 229 g/mol. The van der Waals surface area contributed by atoms with E-state index < -0.39 is 6.23 Å². The van der Waals surface area contributed by atoms with Gasteiger partial charge in [0.05, 0.1) is 6.61 Å². The van der Waals surface area contributed by atoms with E-state index in [2.05, 4.69) is 13.8 Å². The highest BCUT2D eigenvalue weighted by atomic mass is 16.3. The maximum atomic E-state index is 9.95. The molecule has 1 rings (SSSR count). The van der Waals surface area contributed by atoms with E-state index in [0.29, 0.717) is 0 Å². The number of hydrogen-bond acceptors (Lipinski definition) is 3. The lowest BCUT2D eigenvalue weighted by molar-refractivity contribution is -0.0324. The summed E-state index contributed by atoms with van der Waals surface area (Å²) in [7, 11) is 1.87. The molecule has 2 N–H and O–H groups in total. The molecule has 5 unspecified atom stereocenters. The number of nitrogens with zero attached hydrogens (tertiary/aromatic N) is 1. The highest BCUT2D eigenvalue weighted by Crippen LogP contribution is 2.42. The number of rotatable bonds is 6. The van der Waals surface area contributed by atoms with Crippen LogP contribution in [0.25, 0.3) is 0 Å². The quantitative estimate of drug-likeness (QED) is 0.681. The molecular formula is C13H27NO2. The van der Waals surface area contributed by atoms with Crippen molar-refractivity contribution in [1.29, 1.82) is 0 Å². The molecule has 0 aromatic heterocycles. The second-order valence-corrected chi connectivity index (χ2v) is 5.59. The highest BCUT2D eigenvalue weighted by Gasteiger charge is 2.34. The molecule has 16 heavy (non-hydrogen) atoms. The van der Waals surface area contributed by atoms with Crippen molar-refractivity contribution in [1.82, 2.24) is 4.90 Å². The first kappa shape index (κ1) is 13.9.